The third-order valence-electron chi connectivity index (χ3n) is 16.5. The molecule has 0 aliphatic heterocycles. The Hall–Kier alpha value is -7.28. The molecule has 328 valence electrons. The van der Waals surface area contributed by atoms with Gasteiger partial charge in [0.05, 0.1) is 0 Å². The van der Waals surface area contributed by atoms with Crippen molar-refractivity contribution in [1.29, 1.82) is 0 Å². The summed E-state index contributed by atoms with van der Waals surface area (Å²) in [7, 11) is 0. The predicted molar refractivity (Wildman–Crippen MR) is 293 cm³/mol. The van der Waals surface area contributed by atoms with Crippen LogP contribution in [0.1, 0.15) is 77.6 Å². The molecule has 13 rings (SSSR count). The Bertz CT molecular complexity index is 3860. The first kappa shape index (κ1) is 41.0. The highest BCUT2D eigenvalue weighted by Gasteiger charge is 2.59. The van der Waals surface area contributed by atoms with Crippen LogP contribution in [-0.2, 0) is 10.8 Å². The minimum Gasteiger partial charge on any atom is -0.0619 e. The second kappa shape index (κ2) is 14.1. The molecule has 11 aromatic rings. The molecule has 2 aliphatic carbocycles. The first-order valence-corrected chi connectivity index (χ1v) is 24.6. The van der Waals surface area contributed by atoms with Crippen LogP contribution in [0.2, 0.25) is 0 Å². The van der Waals surface area contributed by atoms with Crippen molar-refractivity contribution in [1.82, 2.24) is 0 Å². The van der Waals surface area contributed by atoms with E-state index < -0.39 is 0 Å². The maximum absolute atomic E-state index is 2.57. The van der Waals surface area contributed by atoms with Crippen LogP contribution < -0.4 is 0 Å². The largest absolute Gasteiger partial charge is 0.0619 e. The molecule has 0 saturated heterocycles. The van der Waals surface area contributed by atoms with E-state index >= 15 is 0 Å². The Morgan fingerprint density at radius 1 is 0.279 bits per heavy atom. The topological polar surface area (TPSA) is 0 Å². The van der Waals surface area contributed by atoms with Gasteiger partial charge in [0.1, 0.15) is 0 Å². The molecule has 0 spiro atoms. The lowest BCUT2D eigenvalue weighted by molar-refractivity contribution is 0.0977. The number of rotatable bonds is 3. The van der Waals surface area contributed by atoms with E-state index in [1.54, 1.807) is 0 Å². The highest BCUT2D eigenvalue weighted by molar-refractivity contribution is 6.23. The normalized spacial score (nSPS) is 14.7. The zero-order valence-electron chi connectivity index (χ0n) is 40.5. The van der Waals surface area contributed by atoms with Gasteiger partial charge in [0.15, 0.2) is 0 Å². The third kappa shape index (κ3) is 5.32. The minimum absolute atomic E-state index is 0.0761. The van der Waals surface area contributed by atoms with Gasteiger partial charge in [-0.15, -0.1) is 0 Å². The molecular formula is C68H56. The summed E-state index contributed by atoms with van der Waals surface area (Å²) in [6.07, 6.45) is 0. The van der Waals surface area contributed by atoms with Crippen LogP contribution in [0.5, 0.6) is 0 Å². The predicted octanol–water partition coefficient (Wildman–Crippen LogP) is 19.1. The molecule has 0 heteroatoms. The lowest BCUT2D eigenvalue weighted by atomic mass is 9.49. The molecule has 0 amide bonds. The fourth-order valence-electron chi connectivity index (χ4n) is 14.2. The first-order chi connectivity index (χ1) is 32.8. The van der Waals surface area contributed by atoms with E-state index in [-0.39, 0.29) is 21.7 Å². The summed E-state index contributed by atoms with van der Waals surface area (Å²) in [5.41, 5.74) is 18.2. The minimum atomic E-state index is -0.300. The smallest absolute Gasteiger partial charge is 0.0324 e. The van der Waals surface area contributed by atoms with Crippen LogP contribution in [0.15, 0.2) is 194 Å². The van der Waals surface area contributed by atoms with Gasteiger partial charge >= 0.3 is 0 Å². The van der Waals surface area contributed by atoms with Crippen LogP contribution in [-0.4, -0.2) is 0 Å². The molecule has 0 atom stereocenters. The fourth-order valence-corrected chi connectivity index (χ4v) is 14.2. The molecule has 0 fully saturated rings. The number of hydrogen-bond acceptors (Lipinski definition) is 0. The van der Waals surface area contributed by atoms with Gasteiger partial charge in [-0.3, -0.25) is 0 Å². The average molecular weight is 873 g/mol. The van der Waals surface area contributed by atoms with Crippen LogP contribution in [0.25, 0.3) is 109 Å². The Morgan fingerprint density at radius 3 is 1.24 bits per heavy atom. The fraction of sp³-hybridized carbons (Fsp3) is 0.176. The standard InChI is InChI=1S/C68H56/c1-65(2,3)68(66(4,5)6)63-54-30-17-11-23-46(54)56(40-57(63)62-49-25-12-9-21-44(49)45-22-10-18-31-55(45)64(62)68)41-33-35-42(36-34-41)60-50-26-13-15-28-52(50)61(53-29-16-14-27-51(53)60)43-37-38-48-47-24-19-20-32-58(47)67(7,8)59(48)39-43/h9-40H,1-8H3. The van der Waals surface area contributed by atoms with Gasteiger partial charge in [-0.05, 0) is 155 Å². The molecule has 0 heterocycles. The van der Waals surface area contributed by atoms with Gasteiger partial charge in [-0.25, -0.2) is 0 Å². The Kier molecular flexibility index (Phi) is 8.51. The molecule has 0 bridgehead atoms. The molecule has 0 unspecified atom stereocenters. The lowest BCUT2D eigenvalue weighted by Crippen LogP contribution is -2.50. The molecule has 2 aliphatic rings. The van der Waals surface area contributed by atoms with E-state index in [1.807, 2.05) is 0 Å². The SMILES string of the molecule is CC1(C)c2ccccc2-c2ccc(-c3c4ccccc4c(-c4ccc(-c5cc6c(c7ccccc57)C(C(C)(C)C)(C(C)(C)C)c5c-6c6ccccc6c6ccccc56)cc4)c4ccccc34)cc21. The van der Waals surface area contributed by atoms with Crippen molar-refractivity contribution in [3.8, 4) is 55.6 Å². The Labute approximate surface area is 400 Å². The summed E-state index contributed by atoms with van der Waals surface area (Å²) in [6, 6.07) is 74.0. The van der Waals surface area contributed by atoms with Crippen molar-refractivity contribution >= 4 is 53.9 Å². The zero-order chi connectivity index (χ0) is 46.5. The third-order valence-corrected chi connectivity index (χ3v) is 16.5. The molecule has 68 heavy (non-hydrogen) atoms. The second-order valence-corrected chi connectivity index (χ2v) is 22.3. The highest BCUT2D eigenvalue weighted by atomic mass is 14.6. The molecule has 0 aromatic heterocycles. The van der Waals surface area contributed by atoms with Gasteiger partial charge in [0.25, 0.3) is 0 Å². The van der Waals surface area contributed by atoms with Gasteiger partial charge in [-0.1, -0.05) is 237 Å². The van der Waals surface area contributed by atoms with Crippen LogP contribution in [0.3, 0.4) is 0 Å². The summed E-state index contributed by atoms with van der Waals surface area (Å²) in [4.78, 5) is 0. The van der Waals surface area contributed by atoms with Gasteiger partial charge in [0.2, 0.25) is 0 Å². The summed E-state index contributed by atoms with van der Waals surface area (Å²) < 4.78 is 0. The van der Waals surface area contributed by atoms with Crippen molar-refractivity contribution in [2.45, 2.75) is 66.2 Å². The van der Waals surface area contributed by atoms with E-state index in [1.165, 1.54) is 132 Å². The van der Waals surface area contributed by atoms with Crippen LogP contribution >= 0.6 is 0 Å². The maximum Gasteiger partial charge on any atom is 0.0324 e. The maximum atomic E-state index is 2.57. The highest BCUT2D eigenvalue weighted by Crippen LogP contribution is 2.69. The Morgan fingerprint density at radius 2 is 0.676 bits per heavy atom. The number of benzene rings is 11. The van der Waals surface area contributed by atoms with Crippen molar-refractivity contribution in [2.24, 2.45) is 10.8 Å². The van der Waals surface area contributed by atoms with Crippen LogP contribution in [0.4, 0.5) is 0 Å². The molecular weight excluding hydrogens is 817 g/mol. The summed E-state index contributed by atoms with van der Waals surface area (Å²) in [5, 5.41) is 13.1. The van der Waals surface area contributed by atoms with Crippen molar-refractivity contribution in [2.75, 3.05) is 0 Å². The quantitative estimate of drug-likeness (QED) is 0.123. The summed E-state index contributed by atoms with van der Waals surface area (Å²) in [5.74, 6) is 0. The summed E-state index contributed by atoms with van der Waals surface area (Å²) in [6.45, 7) is 19.6. The number of fused-ring (bicyclic) bond motifs is 15. The van der Waals surface area contributed by atoms with Gasteiger partial charge in [0, 0.05) is 10.8 Å². The van der Waals surface area contributed by atoms with E-state index in [2.05, 4.69) is 250 Å². The van der Waals surface area contributed by atoms with E-state index in [4.69, 9.17) is 0 Å². The van der Waals surface area contributed by atoms with E-state index in [9.17, 15) is 0 Å². The molecule has 0 radical (unpaired) electrons. The first-order valence-electron chi connectivity index (χ1n) is 24.6. The van der Waals surface area contributed by atoms with Crippen molar-refractivity contribution < 1.29 is 0 Å². The van der Waals surface area contributed by atoms with Gasteiger partial charge in [-0.2, -0.15) is 0 Å². The average Bonchev–Trinajstić information content (AvgIpc) is 3.80. The van der Waals surface area contributed by atoms with Crippen LogP contribution in [0, 0.1) is 10.8 Å². The zero-order valence-corrected chi connectivity index (χ0v) is 40.5. The molecule has 0 saturated carbocycles. The van der Waals surface area contributed by atoms with E-state index in [0.29, 0.717) is 0 Å². The molecule has 0 nitrogen and oxygen atoms in total. The monoisotopic (exact) mass is 872 g/mol. The molecule has 0 N–H and O–H groups in total. The lowest BCUT2D eigenvalue weighted by Gasteiger charge is -2.54. The van der Waals surface area contributed by atoms with Gasteiger partial charge < -0.3 is 0 Å². The van der Waals surface area contributed by atoms with Crippen molar-refractivity contribution in [3.05, 3.63) is 216 Å². The van der Waals surface area contributed by atoms with Crippen molar-refractivity contribution in [3.63, 3.8) is 0 Å². The van der Waals surface area contributed by atoms with E-state index in [0.717, 1.165) is 0 Å². The number of hydrogen-bond donors (Lipinski definition) is 0. The summed E-state index contributed by atoms with van der Waals surface area (Å²) >= 11 is 0. The Balaban J connectivity index is 1.03. The molecule has 11 aromatic carbocycles. The second-order valence-electron chi connectivity index (χ2n) is 22.3.